The van der Waals surface area contributed by atoms with Gasteiger partial charge in [0.05, 0.1) is 0 Å². The Kier molecular flexibility index (Phi) is 8.75. The van der Waals surface area contributed by atoms with Gasteiger partial charge in [-0.05, 0) is 95.7 Å². The van der Waals surface area contributed by atoms with Crippen molar-refractivity contribution in [2.75, 3.05) is 0 Å². The Morgan fingerprint density at radius 2 is 1.28 bits per heavy atom. The third-order valence-electron chi connectivity index (χ3n) is 6.00. The van der Waals surface area contributed by atoms with Crippen LogP contribution in [0.5, 0.6) is 0 Å². The van der Waals surface area contributed by atoms with Crippen LogP contribution in [0.4, 0.5) is 0 Å². The molecular formula is C29H42. The molecule has 158 valence electrons. The van der Waals surface area contributed by atoms with Crippen molar-refractivity contribution in [1.82, 2.24) is 0 Å². The second-order valence-corrected chi connectivity index (χ2v) is 9.88. The van der Waals surface area contributed by atoms with Crippen molar-refractivity contribution in [2.45, 2.75) is 97.3 Å². The lowest BCUT2D eigenvalue weighted by atomic mass is 9.81. The van der Waals surface area contributed by atoms with Crippen LogP contribution in [0.25, 0.3) is 10.8 Å². The van der Waals surface area contributed by atoms with E-state index in [0.717, 1.165) is 25.7 Å². The molecule has 0 radical (unpaired) electrons. The average molecular weight is 391 g/mol. The van der Waals surface area contributed by atoms with Crippen LogP contribution in [0, 0.1) is 0 Å². The number of rotatable bonds is 11. The lowest BCUT2D eigenvalue weighted by Gasteiger charge is -2.23. The molecule has 0 bridgehead atoms. The van der Waals surface area contributed by atoms with Crippen molar-refractivity contribution < 1.29 is 0 Å². The number of unbranched alkanes of at least 4 members (excludes halogenated alkanes) is 4. The van der Waals surface area contributed by atoms with Gasteiger partial charge in [0.1, 0.15) is 0 Å². The molecule has 2 rings (SSSR count). The van der Waals surface area contributed by atoms with E-state index in [1.54, 1.807) is 0 Å². The van der Waals surface area contributed by atoms with E-state index >= 15 is 0 Å². The van der Waals surface area contributed by atoms with Crippen molar-refractivity contribution in [3.8, 4) is 0 Å². The van der Waals surface area contributed by atoms with E-state index in [9.17, 15) is 0 Å². The quantitative estimate of drug-likeness (QED) is 0.265. The maximum Gasteiger partial charge on any atom is -0.0132 e. The van der Waals surface area contributed by atoms with Crippen molar-refractivity contribution in [1.29, 1.82) is 0 Å². The molecule has 0 aliphatic rings. The average Bonchev–Trinajstić information content (AvgIpc) is 2.67. The Balaban J connectivity index is 2.56. The van der Waals surface area contributed by atoms with E-state index in [4.69, 9.17) is 0 Å². The van der Waals surface area contributed by atoms with Gasteiger partial charge in [-0.25, -0.2) is 0 Å². The zero-order valence-corrected chi connectivity index (χ0v) is 19.6. The minimum Gasteiger partial charge on any atom is -0.103 e. The van der Waals surface area contributed by atoms with E-state index in [1.807, 2.05) is 12.2 Å². The Labute approximate surface area is 180 Å². The minimum atomic E-state index is 0.168. The highest BCUT2D eigenvalue weighted by Crippen LogP contribution is 2.34. The fraction of sp³-hybridized carbons (Fsp3) is 0.517. The summed E-state index contributed by atoms with van der Waals surface area (Å²) in [5.74, 6) is 0.558. The van der Waals surface area contributed by atoms with Gasteiger partial charge in [0.2, 0.25) is 0 Å². The summed E-state index contributed by atoms with van der Waals surface area (Å²) in [6.45, 7) is 19.4. The molecule has 0 aliphatic heterocycles. The van der Waals surface area contributed by atoms with Crippen LogP contribution in [0.1, 0.15) is 101 Å². The molecular weight excluding hydrogens is 348 g/mol. The normalized spacial score (nSPS) is 11.9. The zero-order valence-electron chi connectivity index (χ0n) is 19.6. The van der Waals surface area contributed by atoms with E-state index in [1.165, 1.54) is 58.7 Å². The summed E-state index contributed by atoms with van der Waals surface area (Å²) in [7, 11) is 0. The summed E-state index contributed by atoms with van der Waals surface area (Å²) in [4.78, 5) is 0. The smallest absolute Gasteiger partial charge is 0.0132 e. The maximum atomic E-state index is 3.88. The molecule has 0 unspecified atom stereocenters. The monoisotopic (exact) mass is 390 g/mol. The van der Waals surface area contributed by atoms with Gasteiger partial charge in [0, 0.05) is 0 Å². The highest BCUT2D eigenvalue weighted by molar-refractivity contribution is 5.90. The topological polar surface area (TPSA) is 0 Å². The molecule has 0 amide bonds. The van der Waals surface area contributed by atoms with Crippen LogP contribution < -0.4 is 0 Å². The molecule has 0 heteroatoms. The van der Waals surface area contributed by atoms with Gasteiger partial charge < -0.3 is 0 Å². The molecule has 0 spiro atoms. The van der Waals surface area contributed by atoms with E-state index in [2.05, 4.69) is 72.0 Å². The highest BCUT2D eigenvalue weighted by atomic mass is 14.2. The lowest BCUT2D eigenvalue weighted by molar-refractivity contribution is 0.589. The first-order valence-corrected chi connectivity index (χ1v) is 11.6. The van der Waals surface area contributed by atoms with Gasteiger partial charge in [-0.3, -0.25) is 0 Å². The van der Waals surface area contributed by atoms with Gasteiger partial charge in [0.25, 0.3) is 0 Å². The fourth-order valence-electron chi connectivity index (χ4n) is 4.03. The van der Waals surface area contributed by atoms with Gasteiger partial charge >= 0.3 is 0 Å². The fourth-order valence-corrected chi connectivity index (χ4v) is 4.03. The highest BCUT2D eigenvalue weighted by Gasteiger charge is 2.18. The first-order chi connectivity index (χ1) is 13.8. The molecule has 2 aromatic carbocycles. The van der Waals surface area contributed by atoms with Crippen molar-refractivity contribution in [3.05, 3.63) is 71.8 Å². The molecule has 0 heterocycles. The lowest BCUT2D eigenvalue weighted by Crippen LogP contribution is -2.12. The predicted molar refractivity (Wildman–Crippen MR) is 132 cm³/mol. The van der Waals surface area contributed by atoms with Gasteiger partial charge in [-0.15, -0.1) is 13.2 Å². The van der Waals surface area contributed by atoms with Gasteiger partial charge in [-0.1, -0.05) is 71.0 Å². The first kappa shape index (κ1) is 23.5. The molecule has 0 N–H and O–H groups in total. The molecule has 0 saturated heterocycles. The second-order valence-electron chi connectivity index (χ2n) is 9.88. The number of hydrogen-bond acceptors (Lipinski definition) is 0. The summed E-state index contributed by atoms with van der Waals surface area (Å²) in [6.07, 6.45) is 13.6. The third kappa shape index (κ3) is 6.59. The number of aryl methyl sites for hydroxylation is 2. The maximum absolute atomic E-state index is 3.88. The second kappa shape index (κ2) is 10.8. The molecule has 0 atom stereocenters. The van der Waals surface area contributed by atoms with Gasteiger partial charge in [0.15, 0.2) is 0 Å². The summed E-state index contributed by atoms with van der Waals surface area (Å²) in [5, 5.41) is 2.97. The van der Waals surface area contributed by atoms with E-state index in [0.29, 0.717) is 5.92 Å². The standard InChI is InChI=1S/C29H42/c1-8-10-12-14-16-23-18-25(22(3)4)20-27-24(17-15-13-11-9-2)19-26(21-28(23)27)29(5,6)7/h8-9,18-22H,1-2,10-17H2,3-7H3. The Bertz CT molecular complexity index is 814. The van der Waals surface area contributed by atoms with Gasteiger partial charge in [-0.2, -0.15) is 0 Å². The zero-order chi connectivity index (χ0) is 21.4. The Morgan fingerprint density at radius 1 is 0.759 bits per heavy atom. The SMILES string of the molecule is C=CCCCCc1cc(C(C)(C)C)cc2c(CCCCC=C)cc(C(C)C)cc12. The molecule has 0 nitrogen and oxygen atoms in total. The van der Waals surface area contributed by atoms with Crippen LogP contribution in [0.3, 0.4) is 0 Å². The Morgan fingerprint density at radius 3 is 1.76 bits per heavy atom. The van der Waals surface area contributed by atoms with Crippen LogP contribution in [0.2, 0.25) is 0 Å². The predicted octanol–water partition coefficient (Wildman–Crippen LogP) is 9.06. The van der Waals surface area contributed by atoms with E-state index < -0.39 is 0 Å². The van der Waals surface area contributed by atoms with Crippen molar-refractivity contribution in [3.63, 3.8) is 0 Å². The summed E-state index contributed by atoms with van der Waals surface area (Å²) >= 11 is 0. The number of allylic oxidation sites excluding steroid dienone is 2. The molecule has 0 fully saturated rings. The van der Waals surface area contributed by atoms with Crippen molar-refractivity contribution in [2.24, 2.45) is 0 Å². The Hall–Kier alpha value is -1.82. The van der Waals surface area contributed by atoms with Crippen LogP contribution in [-0.4, -0.2) is 0 Å². The van der Waals surface area contributed by atoms with Crippen LogP contribution in [0.15, 0.2) is 49.6 Å². The summed E-state index contributed by atoms with van der Waals surface area (Å²) < 4.78 is 0. The van der Waals surface area contributed by atoms with Crippen LogP contribution >= 0.6 is 0 Å². The summed E-state index contributed by atoms with van der Waals surface area (Å²) in [6, 6.07) is 9.93. The number of hydrogen-bond donors (Lipinski definition) is 0. The minimum absolute atomic E-state index is 0.168. The van der Waals surface area contributed by atoms with Crippen molar-refractivity contribution >= 4 is 10.8 Å². The molecule has 0 saturated carbocycles. The summed E-state index contributed by atoms with van der Waals surface area (Å²) in [5.41, 5.74) is 6.18. The number of fused-ring (bicyclic) bond motifs is 1. The third-order valence-corrected chi connectivity index (χ3v) is 6.00. The largest absolute Gasteiger partial charge is 0.103 e. The van der Waals surface area contributed by atoms with E-state index in [-0.39, 0.29) is 5.41 Å². The molecule has 0 aliphatic carbocycles. The first-order valence-electron chi connectivity index (χ1n) is 11.6. The number of benzene rings is 2. The molecule has 0 aromatic heterocycles. The molecule has 2 aromatic rings. The molecule has 29 heavy (non-hydrogen) atoms. The van der Waals surface area contributed by atoms with Crippen LogP contribution in [-0.2, 0) is 18.3 Å².